The molecule has 2 aliphatic heterocycles. The van der Waals surface area contributed by atoms with Crippen LogP contribution in [-0.2, 0) is 15.8 Å². The summed E-state index contributed by atoms with van der Waals surface area (Å²) in [6, 6.07) is 14.3. The highest BCUT2D eigenvalue weighted by Gasteiger charge is 2.58. The maximum atomic E-state index is 13.5. The van der Waals surface area contributed by atoms with Crippen molar-refractivity contribution in [2.45, 2.75) is 16.1 Å². The number of nitrogens with one attached hydrogen (secondary N) is 1. The number of carbonyl (C=O) groups excluding carboxylic acids is 2. The van der Waals surface area contributed by atoms with Gasteiger partial charge in [-0.2, -0.15) is 13.2 Å². The van der Waals surface area contributed by atoms with Crippen molar-refractivity contribution in [1.82, 2.24) is 4.98 Å². The van der Waals surface area contributed by atoms with Crippen molar-refractivity contribution in [1.29, 1.82) is 0 Å². The number of nitrogens with zero attached hydrogens (tertiary/aromatic N) is 2. The molecular weight excluding hydrogens is 415 g/mol. The van der Waals surface area contributed by atoms with E-state index in [1.54, 1.807) is 36.4 Å². The maximum Gasteiger partial charge on any atom is 0.416 e. The number of amides is 2. The van der Waals surface area contributed by atoms with E-state index in [1.807, 2.05) is 0 Å². The standard InChI is InChI=1S/C21H12F3N3O2S/c22-21(23,24)12-7-9-13(10-8-12)27-18(28)14-4-3-11-25-17(14)30-20(27)15-5-1-2-6-16(15)26-19(20)29/h1-11H,(H,26,29). The van der Waals surface area contributed by atoms with Crippen LogP contribution in [-0.4, -0.2) is 16.8 Å². The lowest BCUT2D eigenvalue weighted by Gasteiger charge is -2.42. The lowest BCUT2D eigenvalue weighted by Crippen LogP contribution is -2.54. The number of para-hydroxylation sites is 1. The number of alkyl halides is 3. The van der Waals surface area contributed by atoms with Gasteiger partial charge in [-0.3, -0.25) is 14.5 Å². The predicted octanol–water partition coefficient (Wildman–Crippen LogP) is 4.66. The van der Waals surface area contributed by atoms with Crippen LogP contribution in [0.2, 0.25) is 0 Å². The molecule has 2 aliphatic rings. The monoisotopic (exact) mass is 427 g/mol. The lowest BCUT2D eigenvalue weighted by atomic mass is 10.0. The minimum atomic E-state index is -4.51. The SMILES string of the molecule is O=C1c2cccnc2SC2(C(=O)Nc3ccccc32)N1c1ccc(C(F)(F)F)cc1. The maximum absolute atomic E-state index is 13.5. The molecule has 1 aromatic heterocycles. The molecule has 1 spiro atoms. The molecule has 150 valence electrons. The van der Waals surface area contributed by atoms with Crippen molar-refractivity contribution in [3.8, 4) is 0 Å². The third-order valence-electron chi connectivity index (χ3n) is 5.06. The van der Waals surface area contributed by atoms with Crippen LogP contribution in [0.25, 0.3) is 0 Å². The topological polar surface area (TPSA) is 62.3 Å². The Morgan fingerprint density at radius 2 is 1.70 bits per heavy atom. The lowest BCUT2D eigenvalue weighted by molar-refractivity contribution is -0.137. The number of benzene rings is 2. The molecule has 0 fully saturated rings. The Balaban J connectivity index is 1.75. The van der Waals surface area contributed by atoms with Crippen LogP contribution in [0.4, 0.5) is 24.5 Å². The summed E-state index contributed by atoms with van der Waals surface area (Å²) < 4.78 is 39.1. The first-order chi connectivity index (χ1) is 14.3. The number of rotatable bonds is 1. The summed E-state index contributed by atoms with van der Waals surface area (Å²) in [7, 11) is 0. The molecule has 1 unspecified atom stereocenters. The van der Waals surface area contributed by atoms with Gasteiger partial charge in [-0.05, 0) is 42.5 Å². The van der Waals surface area contributed by atoms with Crippen molar-refractivity contribution in [2.24, 2.45) is 0 Å². The fourth-order valence-electron chi connectivity index (χ4n) is 3.72. The molecule has 3 heterocycles. The fraction of sp³-hybridized carbons (Fsp3) is 0.0952. The number of aromatic nitrogens is 1. The summed E-state index contributed by atoms with van der Waals surface area (Å²) in [5.41, 5.74) is 0.714. The summed E-state index contributed by atoms with van der Waals surface area (Å²) in [6.07, 6.45) is -2.98. The van der Waals surface area contributed by atoms with E-state index in [0.29, 0.717) is 16.3 Å². The van der Waals surface area contributed by atoms with Crippen LogP contribution in [0.1, 0.15) is 21.5 Å². The number of pyridine rings is 1. The first-order valence-corrected chi connectivity index (χ1v) is 9.71. The van der Waals surface area contributed by atoms with Crippen LogP contribution in [0, 0.1) is 0 Å². The van der Waals surface area contributed by atoms with Crippen LogP contribution >= 0.6 is 11.8 Å². The number of carbonyl (C=O) groups is 2. The van der Waals surface area contributed by atoms with Gasteiger partial charge < -0.3 is 5.32 Å². The molecule has 1 atom stereocenters. The second kappa shape index (κ2) is 6.33. The van der Waals surface area contributed by atoms with E-state index < -0.39 is 28.4 Å². The predicted molar refractivity (Wildman–Crippen MR) is 105 cm³/mol. The Kier molecular flexibility index (Phi) is 3.94. The smallest absolute Gasteiger partial charge is 0.323 e. The van der Waals surface area contributed by atoms with E-state index in [0.717, 1.165) is 23.9 Å². The second-order valence-corrected chi connectivity index (χ2v) is 7.97. The molecule has 2 amide bonds. The Hall–Kier alpha value is -3.33. The molecule has 5 nitrogen and oxygen atoms in total. The summed E-state index contributed by atoms with van der Waals surface area (Å²) >= 11 is 1.09. The molecule has 0 bridgehead atoms. The Bertz CT molecular complexity index is 1200. The second-order valence-electron chi connectivity index (χ2n) is 6.79. The zero-order valence-corrected chi connectivity index (χ0v) is 15.9. The molecule has 9 heteroatoms. The van der Waals surface area contributed by atoms with Crippen LogP contribution in [0.3, 0.4) is 0 Å². The summed E-state index contributed by atoms with van der Waals surface area (Å²) in [5, 5.41) is 3.17. The van der Waals surface area contributed by atoms with E-state index >= 15 is 0 Å². The highest BCUT2D eigenvalue weighted by Crippen LogP contribution is 2.55. The van der Waals surface area contributed by atoms with E-state index in [-0.39, 0.29) is 11.3 Å². The molecule has 0 saturated carbocycles. The van der Waals surface area contributed by atoms with Gasteiger partial charge in [0.1, 0.15) is 5.03 Å². The van der Waals surface area contributed by atoms with Gasteiger partial charge in [0, 0.05) is 23.1 Å². The largest absolute Gasteiger partial charge is 0.416 e. The van der Waals surface area contributed by atoms with Gasteiger partial charge in [0.05, 0.1) is 11.1 Å². The average molecular weight is 427 g/mol. The van der Waals surface area contributed by atoms with E-state index in [4.69, 9.17) is 0 Å². The van der Waals surface area contributed by atoms with E-state index in [9.17, 15) is 22.8 Å². The quantitative estimate of drug-likeness (QED) is 0.614. The molecule has 30 heavy (non-hydrogen) atoms. The van der Waals surface area contributed by atoms with Gasteiger partial charge in [0.25, 0.3) is 11.8 Å². The minimum Gasteiger partial charge on any atom is -0.323 e. The van der Waals surface area contributed by atoms with Crippen molar-refractivity contribution in [3.63, 3.8) is 0 Å². The number of halogens is 3. The van der Waals surface area contributed by atoms with Gasteiger partial charge in [0.2, 0.25) is 4.87 Å². The van der Waals surface area contributed by atoms with Crippen molar-refractivity contribution in [2.75, 3.05) is 10.2 Å². The summed E-state index contributed by atoms with van der Waals surface area (Å²) in [4.78, 5) is 30.7. The molecule has 0 radical (unpaired) electrons. The van der Waals surface area contributed by atoms with Gasteiger partial charge in [-0.15, -0.1) is 0 Å². The number of thioether (sulfide) groups is 1. The fourth-order valence-corrected chi connectivity index (χ4v) is 5.09. The number of anilines is 2. The first kappa shape index (κ1) is 18.7. The Morgan fingerprint density at radius 1 is 0.967 bits per heavy atom. The number of fused-ring (bicyclic) bond motifs is 3. The molecule has 1 N–H and O–H groups in total. The van der Waals surface area contributed by atoms with Gasteiger partial charge in [-0.1, -0.05) is 30.0 Å². The zero-order chi connectivity index (χ0) is 21.1. The van der Waals surface area contributed by atoms with Crippen LogP contribution in [0.15, 0.2) is 71.9 Å². The third-order valence-corrected chi connectivity index (χ3v) is 6.47. The molecule has 3 aromatic rings. The molecule has 0 aliphatic carbocycles. The average Bonchev–Trinajstić information content (AvgIpc) is 3.00. The van der Waals surface area contributed by atoms with E-state index in [2.05, 4.69) is 10.3 Å². The van der Waals surface area contributed by atoms with E-state index in [1.165, 1.54) is 23.2 Å². The minimum absolute atomic E-state index is 0.182. The molecule has 0 saturated heterocycles. The van der Waals surface area contributed by atoms with Gasteiger partial charge in [0.15, 0.2) is 0 Å². The number of hydrogen-bond acceptors (Lipinski definition) is 4. The van der Waals surface area contributed by atoms with Crippen molar-refractivity contribution >= 4 is 35.0 Å². The van der Waals surface area contributed by atoms with Crippen LogP contribution < -0.4 is 10.2 Å². The highest BCUT2D eigenvalue weighted by atomic mass is 32.2. The van der Waals surface area contributed by atoms with Gasteiger partial charge >= 0.3 is 6.18 Å². The molecule has 5 rings (SSSR count). The van der Waals surface area contributed by atoms with Crippen molar-refractivity contribution < 1.29 is 22.8 Å². The normalized spacial score (nSPS) is 20.2. The number of hydrogen-bond donors (Lipinski definition) is 1. The van der Waals surface area contributed by atoms with Crippen LogP contribution in [0.5, 0.6) is 0 Å². The third kappa shape index (κ3) is 2.55. The first-order valence-electron chi connectivity index (χ1n) is 8.89. The van der Waals surface area contributed by atoms with Crippen molar-refractivity contribution in [3.05, 3.63) is 83.6 Å². The van der Waals surface area contributed by atoms with Gasteiger partial charge in [-0.25, -0.2) is 4.98 Å². The molecular formula is C21H12F3N3O2S. The Labute approximate surface area is 172 Å². The summed E-state index contributed by atoms with van der Waals surface area (Å²) in [6.45, 7) is 0. The molecule has 2 aromatic carbocycles. The Morgan fingerprint density at radius 3 is 2.43 bits per heavy atom. The summed E-state index contributed by atoms with van der Waals surface area (Å²) in [5.74, 6) is -0.971. The highest BCUT2D eigenvalue weighted by molar-refractivity contribution is 8.01. The zero-order valence-electron chi connectivity index (χ0n) is 15.1.